The molecule has 5 nitrogen and oxygen atoms in total. The van der Waals surface area contributed by atoms with Gasteiger partial charge in [0.05, 0.1) is 16.6 Å². The number of hydrogen-bond acceptors (Lipinski definition) is 3. The summed E-state index contributed by atoms with van der Waals surface area (Å²) in [5.41, 5.74) is 5.32. The average molecular weight is 477 g/mol. The van der Waals surface area contributed by atoms with Crippen molar-refractivity contribution in [1.29, 1.82) is 0 Å². The van der Waals surface area contributed by atoms with Crippen molar-refractivity contribution in [2.75, 3.05) is 10.8 Å². The summed E-state index contributed by atoms with van der Waals surface area (Å²) < 4.78 is 28.2. The summed E-state index contributed by atoms with van der Waals surface area (Å²) in [6.45, 7) is 3.68. The Morgan fingerprint density at radius 3 is 2.29 bits per heavy atom. The van der Waals surface area contributed by atoms with Crippen LogP contribution in [0.2, 0.25) is 0 Å². The Morgan fingerprint density at radius 1 is 0.941 bits per heavy atom. The highest BCUT2D eigenvalue weighted by molar-refractivity contribution is 7.92. The van der Waals surface area contributed by atoms with Crippen LogP contribution in [0.5, 0.6) is 0 Å². The van der Waals surface area contributed by atoms with Crippen molar-refractivity contribution in [3.05, 3.63) is 95.1 Å². The summed E-state index contributed by atoms with van der Waals surface area (Å²) in [6, 6.07) is 21.7. The monoisotopic (exact) mass is 476 g/mol. The zero-order valence-electron chi connectivity index (χ0n) is 19.8. The van der Waals surface area contributed by atoms with Gasteiger partial charge in [0.15, 0.2) is 0 Å². The van der Waals surface area contributed by atoms with E-state index in [9.17, 15) is 13.2 Å². The fraction of sp³-hybridized carbons (Fsp3) is 0.321. The van der Waals surface area contributed by atoms with E-state index in [4.69, 9.17) is 0 Å². The maximum absolute atomic E-state index is 13.5. The molecule has 1 amide bonds. The van der Waals surface area contributed by atoms with E-state index in [1.165, 1.54) is 28.3 Å². The molecule has 0 saturated heterocycles. The highest BCUT2D eigenvalue weighted by atomic mass is 32.2. The zero-order valence-corrected chi connectivity index (χ0v) is 20.6. The molecule has 0 bridgehead atoms. The first-order valence-electron chi connectivity index (χ1n) is 11.9. The first kappa shape index (κ1) is 24.0. The van der Waals surface area contributed by atoms with Gasteiger partial charge < -0.3 is 5.32 Å². The summed E-state index contributed by atoms with van der Waals surface area (Å²) in [7, 11) is -3.91. The van der Waals surface area contributed by atoms with Crippen molar-refractivity contribution in [2.24, 2.45) is 0 Å². The average Bonchev–Trinajstić information content (AvgIpc) is 2.86. The third-order valence-electron chi connectivity index (χ3n) is 6.46. The Kier molecular flexibility index (Phi) is 7.37. The molecule has 1 N–H and O–H groups in total. The minimum atomic E-state index is -3.91. The number of fused-ring (bicyclic) bond motifs is 1. The highest BCUT2D eigenvalue weighted by Gasteiger charge is 2.28. The molecule has 0 saturated carbocycles. The smallest absolute Gasteiger partial charge is 0.264 e. The lowest BCUT2D eigenvalue weighted by atomic mass is 9.89. The normalized spacial score (nSPS) is 14.2. The third kappa shape index (κ3) is 5.33. The summed E-state index contributed by atoms with van der Waals surface area (Å²) in [5, 5.41) is 3.08. The molecule has 1 aliphatic rings. The molecule has 0 aromatic heterocycles. The fourth-order valence-corrected chi connectivity index (χ4v) is 5.95. The molecule has 1 aliphatic carbocycles. The molecular weight excluding hydrogens is 444 g/mol. The minimum absolute atomic E-state index is 0.158. The van der Waals surface area contributed by atoms with Gasteiger partial charge in [0, 0.05) is 0 Å². The zero-order chi connectivity index (χ0) is 24.1. The van der Waals surface area contributed by atoms with E-state index in [0.717, 1.165) is 30.4 Å². The number of aryl methyl sites for hydroxylation is 3. The highest BCUT2D eigenvalue weighted by Crippen LogP contribution is 2.27. The van der Waals surface area contributed by atoms with Crippen LogP contribution in [0.25, 0.3) is 0 Å². The maximum atomic E-state index is 13.5. The fourth-order valence-electron chi connectivity index (χ4n) is 4.51. The predicted octanol–water partition coefficient (Wildman–Crippen LogP) is 5.34. The van der Waals surface area contributed by atoms with Gasteiger partial charge in [-0.2, -0.15) is 0 Å². The van der Waals surface area contributed by atoms with Gasteiger partial charge in [-0.15, -0.1) is 0 Å². The van der Waals surface area contributed by atoms with Crippen LogP contribution in [0.15, 0.2) is 77.7 Å². The van der Waals surface area contributed by atoms with Gasteiger partial charge in [-0.1, -0.05) is 61.0 Å². The lowest BCUT2D eigenvalue weighted by molar-refractivity contribution is -0.120. The van der Waals surface area contributed by atoms with Crippen molar-refractivity contribution in [3.63, 3.8) is 0 Å². The first-order chi connectivity index (χ1) is 16.4. The standard InChI is InChI=1S/C28H32N2O3S/c1-3-27(24-16-15-22-9-7-8-10-23(22)19-24)29-28(31)20-30(25-17-13-21(2)14-18-25)34(32,33)26-11-5-4-6-12-26/h4-6,11-19,27H,3,7-10,20H2,1-2H3,(H,29,31). The largest absolute Gasteiger partial charge is 0.348 e. The molecular formula is C28H32N2O3S. The van der Waals surface area contributed by atoms with Crippen LogP contribution in [0.1, 0.15) is 54.5 Å². The number of carbonyl (C=O) groups excluding carboxylic acids is 1. The number of nitrogens with one attached hydrogen (secondary N) is 1. The molecule has 0 spiro atoms. The van der Waals surface area contributed by atoms with Crippen molar-refractivity contribution in [1.82, 2.24) is 5.32 Å². The molecule has 0 radical (unpaired) electrons. The number of anilines is 1. The topological polar surface area (TPSA) is 66.5 Å². The Hall–Kier alpha value is -3.12. The molecule has 6 heteroatoms. The number of amides is 1. The summed E-state index contributed by atoms with van der Waals surface area (Å²) in [6.07, 6.45) is 5.33. The second kappa shape index (κ2) is 10.4. The lowest BCUT2D eigenvalue weighted by Crippen LogP contribution is -2.42. The minimum Gasteiger partial charge on any atom is -0.348 e. The van der Waals surface area contributed by atoms with E-state index in [1.807, 2.05) is 26.0 Å². The Morgan fingerprint density at radius 2 is 1.62 bits per heavy atom. The number of carbonyl (C=O) groups is 1. The van der Waals surface area contributed by atoms with Gasteiger partial charge in [-0.25, -0.2) is 8.42 Å². The molecule has 3 aromatic carbocycles. The van der Waals surface area contributed by atoms with E-state index in [1.54, 1.807) is 42.5 Å². The molecule has 1 atom stereocenters. The van der Waals surface area contributed by atoms with Gasteiger partial charge in [-0.05, 0) is 80.0 Å². The number of rotatable bonds is 8. The predicted molar refractivity (Wildman–Crippen MR) is 136 cm³/mol. The van der Waals surface area contributed by atoms with E-state index >= 15 is 0 Å². The van der Waals surface area contributed by atoms with Crippen LogP contribution in [-0.4, -0.2) is 20.9 Å². The number of benzene rings is 3. The molecule has 0 fully saturated rings. The second-order valence-corrected chi connectivity index (χ2v) is 10.8. The molecule has 178 valence electrons. The SMILES string of the molecule is CCC(NC(=O)CN(c1ccc(C)cc1)S(=O)(=O)c1ccccc1)c1ccc2c(c1)CCCC2. The van der Waals surface area contributed by atoms with Crippen LogP contribution >= 0.6 is 0 Å². The molecule has 0 heterocycles. The van der Waals surface area contributed by atoms with Gasteiger partial charge in [-0.3, -0.25) is 9.10 Å². The molecule has 3 aromatic rings. The van der Waals surface area contributed by atoms with E-state index in [0.29, 0.717) is 5.69 Å². The van der Waals surface area contributed by atoms with Crippen LogP contribution in [0.4, 0.5) is 5.69 Å². The molecule has 0 aliphatic heterocycles. The Bertz CT molecular complexity index is 1240. The summed E-state index contributed by atoms with van der Waals surface area (Å²) in [5.74, 6) is -0.329. The Labute approximate surface area is 202 Å². The van der Waals surface area contributed by atoms with Crippen molar-refractivity contribution < 1.29 is 13.2 Å². The van der Waals surface area contributed by atoms with Crippen LogP contribution in [0.3, 0.4) is 0 Å². The van der Waals surface area contributed by atoms with Crippen LogP contribution < -0.4 is 9.62 Å². The third-order valence-corrected chi connectivity index (χ3v) is 8.25. The molecule has 34 heavy (non-hydrogen) atoms. The van der Waals surface area contributed by atoms with Crippen molar-refractivity contribution in [3.8, 4) is 0 Å². The van der Waals surface area contributed by atoms with Crippen LogP contribution in [0, 0.1) is 6.92 Å². The van der Waals surface area contributed by atoms with E-state index < -0.39 is 10.0 Å². The van der Waals surface area contributed by atoms with E-state index in [2.05, 4.69) is 23.5 Å². The van der Waals surface area contributed by atoms with Gasteiger partial charge in [0.1, 0.15) is 6.54 Å². The van der Waals surface area contributed by atoms with Crippen molar-refractivity contribution >= 4 is 21.6 Å². The van der Waals surface area contributed by atoms with Gasteiger partial charge in [0.2, 0.25) is 5.91 Å². The first-order valence-corrected chi connectivity index (χ1v) is 13.4. The lowest BCUT2D eigenvalue weighted by Gasteiger charge is -2.26. The number of hydrogen-bond donors (Lipinski definition) is 1. The second-order valence-electron chi connectivity index (χ2n) is 8.92. The quantitative estimate of drug-likeness (QED) is 0.477. The van der Waals surface area contributed by atoms with Gasteiger partial charge >= 0.3 is 0 Å². The van der Waals surface area contributed by atoms with E-state index in [-0.39, 0.29) is 23.4 Å². The summed E-state index contributed by atoms with van der Waals surface area (Å²) in [4.78, 5) is 13.3. The van der Waals surface area contributed by atoms with Gasteiger partial charge in [0.25, 0.3) is 10.0 Å². The van der Waals surface area contributed by atoms with Crippen molar-refractivity contribution in [2.45, 2.75) is 56.9 Å². The van der Waals surface area contributed by atoms with Crippen LogP contribution in [-0.2, 0) is 27.7 Å². The maximum Gasteiger partial charge on any atom is 0.264 e. The number of nitrogens with zero attached hydrogens (tertiary/aromatic N) is 1. The molecule has 1 unspecified atom stereocenters. The Balaban J connectivity index is 1.58. The number of sulfonamides is 1. The summed E-state index contributed by atoms with van der Waals surface area (Å²) >= 11 is 0. The molecule has 4 rings (SSSR count).